The van der Waals surface area contributed by atoms with Crippen LogP contribution in [0.4, 0.5) is 5.82 Å². The van der Waals surface area contributed by atoms with E-state index in [1.165, 1.54) is 0 Å². The topological polar surface area (TPSA) is 93.3 Å². The molecular weight excluding hydrogens is 184 g/mol. The van der Waals surface area contributed by atoms with Crippen LogP contribution >= 0.6 is 0 Å². The normalized spacial score (nSPS) is 9.93. The number of hydrogen-bond donors (Lipinski definition) is 3. The minimum absolute atomic E-state index is 0.0448. The molecule has 14 heavy (non-hydrogen) atoms. The van der Waals surface area contributed by atoms with E-state index < -0.39 is 0 Å². The van der Waals surface area contributed by atoms with Gasteiger partial charge in [0.15, 0.2) is 0 Å². The molecule has 1 heterocycles. The van der Waals surface area contributed by atoms with Crippen molar-refractivity contribution in [1.29, 1.82) is 0 Å². The van der Waals surface area contributed by atoms with Gasteiger partial charge in [-0.25, -0.2) is 10.8 Å². The van der Waals surface area contributed by atoms with E-state index in [1.807, 2.05) is 6.92 Å². The Morgan fingerprint density at radius 2 is 2.36 bits per heavy atom. The SMILES string of the molecule is CCc1nc(NN)cc(OCCO)n1. The highest BCUT2D eigenvalue weighted by molar-refractivity contribution is 5.36. The molecule has 0 amide bonds. The highest BCUT2D eigenvalue weighted by atomic mass is 16.5. The van der Waals surface area contributed by atoms with Gasteiger partial charge in [-0.3, -0.25) is 0 Å². The van der Waals surface area contributed by atoms with Gasteiger partial charge in [0.05, 0.1) is 6.61 Å². The van der Waals surface area contributed by atoms with Gasteiger partial charge in [0.1, 0.15) is 18.2 Å². The van der Waals surface area contributed by atoms with Crippen LogP contribution in [0, 0.1) is 0 Å². The second kappa shape index (κ2) is 5.36. The van der Waals surface area contributed by atoms with E-state index in [-0.39, 0.29) is 13.2 Å². The van der Waals surface area contributed by atoms with E-state index in [9.17, 15) is 0 Å². The molecule has 78 valence electrons. The van der Waals surface area contributed by atoms with Crippen molar-refractivity contribution in [3.05, 3.63) is 11.9 Å². The first-order valence-corrected chi connectivity index (χ1v) is 4.38. The fourth-order valence-corrected chi connectivity index (χ4v) is 0.929. The maximum atomic E-state index is 8.57. The average molecular weight is 198 g/mol. The van der Waals surface area contributed by atoms with Gasteiger partial charge in [-0.1, -0.05) is 6.92 Å². The minimum atomic E-state index is -0.0448. The number of nitrogens with one attached hydrogen (secondary N) is 1. The van der Waals surface area contributed by atoms with Crippen molar-refractivity contribution >= 4 is 5.82 Å². The van der Waals surface area contributed by atoms with Crippen LogP contribution in [-0.4, -0.2) is 28.3 Å². The second-order valence-corrected chi connectivity index (χ2v) is 2.58. The zero-order chi connectivity index (χ0) is 10.4. The third-order valence-corrected chi connectivity index (χ3v) is 1.55. The summed E-state index contributed by atoms with van der Waals surface area (Å²) in [5.74, 6) is 6.79. The monoisotopic (exact) mass is 198 g/mol. The number of aromatic nitrogens is 2. The zero-order valence-corrected chi connectivity index (χ0v) is 8.03. The molecule has 0 spiro atoms. The van der Waals surface area contributed by atoms with E-state index >= 15 is 0 Å². The number of nitrogens with two attached hydrogens (primary N) is 1. The van der Waals surface area contributed by atoms with Gasteiger partial charge in [-0.15, -0.1) is 0 Å². The molecule has 0 saturated carbocycles. The van der Waals surface area contributed by atoms with Crippen LogP contribution < -0.4 is 16.0 Å². The fraction of sp³-hybridized carbons (Fsp3) is 0.500. The van der Waals surface area contributed by atoms with Crippen LogP contribution in [0.3, 0.4) is 0 Å². The van der Waals surface area contributed by atoms with Gasteiger partial charge < -0.3 is 15.3 Å². The van der Waals surface area contributed by atoms with E-state index in [4.69, 9.17) is 15.7 Å². The number of ether oxygens (including phenoxy) is 1. The van der Waals surface area contributed by atoms with Crippen LogP contribution in [0.2, 0.25) is 0 Å². The molecule has 1 rings (SSSR count). The molecule has 0 aliphatic heterocycles. The Morgan fingerprint density at radius 3 is 2.93 bits per heavy atom. The number of nitrogen functional groups attached to an aromatic ring is 1. The number of aryl methyl sites for hydroxylation is 1. The van der Waals surface area contributed by atoms with Crippen LogP contribution in [0.1, 0.15) is 12.7 Å². The van der Waals surface area contributed by atoms with Crippen LogP contribution in [0.15, 0.2) is 6.07 Å². The summed E-state index contributed by atoms with van der Waals surface area (Å²) in [5.41, 5.74) is 2.42. The van der Waals surface area contributed by atoms with Crippen LogP contribution in [0.25, 0.3) is 0 Å². The van der Waals surface area contributed by atoms with E-state index in [2.05, 4.69) is 15.4 Å². The molecule has 1 aromatic rings. The third kappa shape index (κ3) is 2.82. The van der Waals surface area contributed by atoms with E-state index in [0.717, 1.165) is 0 Å². The fourth-order valence-electron chi connectivity index (χ4n) is 0.929. The molecule has 0 aliphatic carbocycles. The van der Waals surface area contributed by atoms with Gasteiger partial charge in [-0.05, 0) is 0 Å². The summed E-state index contributed by atoms with van der Waals surface area (Å²) in [7, 11) is 0. The number of aliphatic hydroxyl groups excluding tert-OH is 1. The minimum Gasteiger partial charge on any atom is -0.475 e. The van der Waals surface area contributed by atoms with Crippen molar-refractivity contribution in [2.45, 2.75) is 13.3 Å². The molecule has 4 N–H and O–H groups in total. The molecule has 0 saturated heterocycles. The molecule has 0 fully saturated rings. The molecule has 0 radical (unpaired) electrons. The van der Waals surface area contributed by atoms with Crippen molar-refractivity contribution in [2.75, 3.05) is 18.6 Å². The number of nitrogens with zero attached hydrogens (tertiary/aromatic N) is 2. The summed E-state index contributed by atoms with van der Waals surface area (Å²) in [6, 6.07) is 1.58. The zero-order valence-electron chi connectivity index (χ0n) is 8.03. The van der Waals surface area contributed by atoms with Crippen molar-refractivity contribution in [1.82, 2.24) is 9.97 Å². The van der Waals surface area contributed by atoms with Crippen molar-refractivity contribution in [2.24, 2.45) is 5.84 Å². The van der Waals surface area contributed by atoms with E-state index in [1.54, 1.807) is 6.07 Å². The number of aliphatic hydroxyl groups is 1. The predicted octanol–water partition coefficient (Wildman–Crippen LogP) is -0.304. The quantitative estimate of drug-likeness (QED) is 0.444. The summed E-state index contributed by atoms with van der Waals surface area (Å²) < 4.78 is 5.14. The van der Waals surface area contributed by atoms with Gasteiger partial charge in [-0.2, -0.15) is 4.98 Å². The summed E-state index contributed by atoms with van der Waals surface area (Å²) >= 11 is 0. The van der Waals surface area contributed by atoms with Gasteiger partial charge in [0.25, 0.3) is 0 Å². The number of anilines is 1. The molecule has 0 unspecified atom stereocenters. The van der Waals surface area contributed by atoms with Crippen molar-refractivity contribution in [3.63, 3.8) is 0 Å². The Morgan fingerprint density at radius 1 is 1.57 bits per heavy atom. The molecule has 6 nitrogen and oxygen atoms in total. The highest BCUT2D eigenvalue weighted by Gasteiger charge is 2.02. The van der Waals surface area contributed by atoms with Crippen LogP contribution in [0.5, 0.6) is 5.88 Å². The summed E-state index contributed by atoms with van der Waals surface area (Å²) in [6.45, 7) is 2.10. The molecule has 0 atom stereocenters. The highest BCUT2D eigenvalue weighted by Crippen LogP contribution is 2.12. The predicted molar refractivity (Wildman–Crippen MR) is 51.8 cm³/mol. The first-order valence-electron chi connectivity index (χ1n) is 4.38. The van der Waals surface area contributed by atoms with Gasteiger partial charge in [0, 0.05) is 12.5 Å². The molecule has 6 heteroatoms. The number of hydrogen-bond acceptors (Lipinski definition) is 6. The lowest BCUT2D eigenvalue weighted by atomic mass is 10.4. The molecular formula is C8H14N4O2. The average Bonchev–Trinajstić information content (AvgIpc) is 2.25. The molecule has 0 aromatic carbocycles. The van der Waals surface area contributed by atoms with E-state index in [0.29, 0.717) is 23.9 Å². The van der Waals surface area contributed by atoms with Gasteiger partial charge in [0.2, 0.25) is 5.88 Å². The Labute approximate surface area is 82.1 Å². The van der Waals surface area contributed by atoms with Crippen molar-refractivity contribution in [3.8, 4) is 5.88 Å². The Kier molecular flexibility index (Phi) is 4.09. The molecule has 1 aromatic heterocycles. The van der Waals surface area contributed by atoms with Gasteiger partial charge >= 0.3 is 0 Å². The first kappa shape index (κ1) is 10.7. The Balaban J connectivity index is 2.81. The van der Waals surface area contributed by atoms with Crippen LogP contribution in [-0.2, 0) is 6.42 Å². The first-order chi connectivity index (χ1) is 6.80. The Bertz CT molecular complexity index is 270. The summed E-state index contributed by atoms with van der Waals surface area (Å²) in [4.78, 5) is 8.19. The van der Waals surface area contributed by atoms with Crippen molar-refractivity contribution < 1.29 is 9.84 Å². The molecule has 0 bridgehead atoms. The lowest BCUT2D eigenvalue weighted by Gasteiger charge is -2.06. The third-order valence-electron chi connectivity index (χ3n) is 1.55. The largest absolute Gasteiger partial charge is 0.475 e. The summed E-state index contributed by atoms with van der Waals surface area (Å²) in [6.07, 6.45) is 0.699. The Hall–Kier alpha value is -1.40. The summed E-state index contributed by atoms with van der Waals surface area (Å²) in [5, 5.41) is 8.57. The lowest BCUT2D eigenvalue weighted by molar-refractivity contribution is 0.196. The smallest absolute Gasteiger partial charge is 0.218 e. The second-order valence-electron chi connectivity index (χ2n) is 2.58. The molecule has 0 aliphatic rings. The number of hydrazine groups is 1. The number of rotatable bonds is 5. The lowest BCUT2D eigenvalue weighted by Crippen LogP contribution is -2.12. The maximum absolute atomic E-state index is 8.57. The maximum Gasteiger partial charge on any atom is 0.218 e. The standard InChI is InChI=1S/C8H14N4O2/c1-2-6-10-7(12-9)5-8(11-6)14-4-3-13/h5,13H,2-4,9H2,1H3,(H,10,11,12).